The average molecular weight is 444 g/mol. The Morgan fingerprint density at radius 1 is 0.939 bits per heavy atom. The Balaban J connectivity index is 1.46. The molecule has 0 saturated heterocycles. The summed E-state index contributed by atoms with van der Waals surface area (Å²) in [7, 11) is 0. The van der Waals surface area contributed by atoms with E-state index in [2.05, 4.69) is 20.9 Å². The molecule has 0 bridgehead atoms. The van der Waals surface area contributed by atoms with Crippen molar-refractivity contribution in [3.05, 3.63) is 90.3 Å². The molecule has 0 saturated carbocycles. The first kappa shape index (κ1) is 20.6. The summed E-state index contributed by atoms with van der Waals surface area (Å²) in [6.07, 6.45) is 3.24. The normalized spacial score (nSPS) is 15.0. The van der Waals surface area contributed by atoms with Crippen molar-refractivity contribution in [2.24, 2.45) is 0 Å². The maximum absolute atomic E-state index is 13.6. The predicted octanol–water partition coefficient (Wildman–Crippen LogP) is 5.32. The lowest BCUT2D eigenvalue weighted by molar-refractivity contribution is -0.123. The van der Waals surface area contributed by atoms with E-state index < -0.39 is 11.7 Å². The van der Waals surface area contributed by atoms with E-state index in [0.29, 0.717) is 28.0 Å². The first-order valence-corrected chi connectivity index (χ1v) is 10.3. The number of rotatable bonds is 4. The van der Waals surface area contributed by atoms with Gasteiger partial charge in [-0.1, -0.05) is 6.07 Å². The number of carbonyl (C=O) groups excluding carboxylic acids is 2. The van der Waals surface area contributed by atoms with Crippen LogP contribution in [0.4, 0.5) is 31.5 Å². The van der Waals surface area contributed by atoms with Gasteiger partial charge in [0.2, 0.25) is 11.8 Å². The molecular weight excluding hydrogens is 426 g/mol. The highest BCUT2D eigenvalue weighted by Crippen LogP contribution is 2.36. The number of nitrogens with one attached hydrogen (secondary N) is 3. The number of hydrogen-bond acceptors (Lipinski definition) is 4. The molecule has 1 aliphatic heterocycles. The van der Waals surface area contributed by atoms with E-state index >= 15 is 0 Å². The van der Waals surface area contributed by atoms with E-state index in [-0.39, 0.29) is 24.1 Å². The molecule has 0 aliphatic carbocycles. The largest absolute Gasteiger partial charge is 0.355 e. The number of aromatic nitrogens is 1. The minimum absolute atomic E-state index is 0.0369. The number of pyridine rings is 1. The molecule has 0 fully saturated rings. The fraction of sp³-hybridized carbons (Fsp3) is 0.0800. The monoisotopic (exact) mass is 444 g/mol. The van der Waals surface area contributed by atoms with Crippen molar-refractivity contribution in [2.75, 3.05) is 16.0 Å². The van der Waals surface area contributed by atoms with Crippen molar-refractivity contribution in [3.63, 3.8) is 0 Å². The second-order valence-electron chi connectivity index (χ2n) is 7.74. The van der Waals surface area contributed by atoms with Crippen LogP contribution in [0, 0.1) is 11.6 Å². The zero-order valence-electron chi connectivity index (χ0n) is 17.2. The van der Waals surface area contributed by atoms with Gasteiger partial charge in [-0.05, 0) is 60.2 Å². The van der Waals surface area contributed by atoms with Crippen LogP contribution in [0.1, 0.15) is 17.9 Å². The number of carbonyl (C=O) groups is 2. The van der Waals surface area contributed by atoms with Gasteiger partial charge in [0, 0.05) is 46.6 Å². The van der Waals surface area contributed by atoms with Crippen LogP contribution in [0.5, 0.6) is 0 Å². The lowest BCUT2D eigenvalue weighted by Crippen LogP contribution is -2.31. The third-order valence-electron chi connectivity index (χ3n) is 5.57. The first-order valence-electron chi connectivity index (χ1n) is 10.3. The number of hydrogen-bond donors (Lipinski definition) is 3. The minimum Gasteiger partial charge on any atom is -0.355 e. The van der Waals surface area contributed by atoms with Crippen LogP contribution in [-0.2, 0) is 9.59 Å². The molecule has 8 heteroatoms. The van der Waals surface area contributed by atoms with Crippen LogP contribution >= 0.6 is 0 Å². The third-order valence-corrected chi connectivity index (χ3v) is 5.57. The predicted molar refractivity (Wildman–Crippen MR) is 122 cm³/mol. The number of amides is 2. The highest BCUT2D eigenvalue weighted by molar-refractivity contribution is 6.10. The Labute approximate surface area is 187 Å². The molecule has 0 radical (unpaired) electrons. The molecule has 2 heterocycles. The van der Waals surface area contributed by atoms with Gasteiger partial charge in [0.25, 0.3) is 0 Å². The van der Waals surface area contributed by atoms with Gasteiger partial charge in [-0.25, -0.2) is 8.78 Å². The molecule has 1 atom stereocenters. The highest BCUT2D eigenvalue weighted by Gasteiger charge is 2.31. The third kappa shape index (κ3) is 4.10. The van der Waals surface area contributed by atoms with Gasteiger partial charge in [0.1, 0.15) is 11.6 Å². The number of nitrogens with zero attached hydrogens (tertiary/aromatic N) is 1. The van der Waals surface area contributed by atoms with E-state index in [0.717, 1.165) is 11.1 Å². The van der Waals surface area contributed by atoms with Crippen LogP contribution in [0.2, 0.25) is 0 Å². The molecule has 2 amide bonds. The number of anilines is 4. The molecule has 3 aromatic carbocycles. The number of halogens is 2. The number of benzene rings is 3. The second-order valence-corrected chi connectivity index (χ2v) is 7.74. The van der Waals surface area contributed by atoms with Crippen LogP contribution in [0.3, 0.4) is 0 Å². The van der Waals surface area contributed by atoms with Gasteiger partial charge >= 0.3 is 0 Å². The van der Waals surface area contributed by atoms with Gasteiger partial charge < -0.3 is 16.0 Å². The molecule has 33 heavy (non-hydrogen) atoms. The zero-order valence-corrected chi connectivity index (χ0v) is 17.2. The Morgan fingerprint density at radius 2 is 1.70 bits per heavy atom. The summed E-state index contributed by atoms with van der Waals surface area (Å²) < 4.78 is 26.8. The van der Waals surface area contributed by atoms with Gasteiger partial charge in [-0.2, -0.15) is 0 Å². The zero-order chi connectivity index (χ0) is 22.9. The minimum atomic E-state index is -0.752. The quantitative estimate of drug-likeness (QED) is 0.398. The Bertz CT molecular complexity index is 1390. The summed E-state index contributed by atoms with van der Waals surface area (Å²) in [6, 6.07) is 15.3. The molecule has 5 rings (SSSR count). The maximum Gasteiger partial charge on any atom is 0.232 e. The molecule has 6 nitrogen and oxygen atoms in total. The van der Waals surface area contributed by atoms with Crippen LogP contribution in [-0.4, -0.2) is 16.8 Å². The molecule has 1 aliphatic rings. The number of fused-ring (bicyclic) bond motifs is 2. The van der Waals surface area contributed by atoms with Crippen molar-refractivity contribution in [1.82, 2.24) is 4.98 Å². The Kier molecular flexibility index (Phi) is 5.18. The average Bonchev–Trinajstić information content (AvgIpc) is 2.81. The van der Waals surface area contributed by atoms with E-state index in [1.807, 2.05) is 6.07 Å². The molecule has 4 aromatic rings. The van der Waals surface area contributed by atoms with Crippen molar-refractivity contribution in [2.45, 2.75) is 12.3 Å². The standard InChI is InChI=1S/C25H18F2N4O2/c26-14-1-4-16(5-2-14)29-21-7-8-22(20-13-28-10-9-18(20)21)31-25(33)19-12-24(32)30-23-11-15(27)3-6-17(19)23/h1-11,13,19,29H,12H2,(H,30,32)(H,31,33). The molecular formula is C25H18F2N4O2. The van der Waals surface area contributed by atoms with Crippen molar-refractivity contribution in [1.29, 1.82) is 0 Å². The summed E-state index contributed by atoms with van der Waals surface area (Å²) in [5.74, 6) is -2.29. The van der Waals surface area contributed by atoms with Crippen molar-refractivity contribution in [3.8, 4) is 0 Å². The molecule has 164 valence electrons. The highest BCUT2D eigenvalue weighted by atomic mass is 19.1. The Morgan fingerprint density at radius 3 is 2.52 bits per heavy atom. The van der Waals surface area contributed by atoms with E-state index in [1.165, 1.54) is 30.3 Å². The van der Waals surface area contributed by atoms with Gasteiger partial charge in [-0.15, -0.1) is 0 Å². The summed E-state index contributed by atoms with van der Waals surface area (Å²) in [5.41, 5.74) is 2.86. The first-order chi connectivity index (χ1) is 16.0. The van der Waals surface area contributed by atoms with Gasteiger partial charge in [0.15, 0.2) is 0 Å². The topological polar surface area (TPSA) is 83.1 Å². The maximum atomic E-state index is 13.6. The molecule has 3 N–H and O–H groups in total. The Hall–Kier alpha value is -4.33. The van der Waals surface area contributed by atoms with E-state index in [1.54, 1.807) is 36.7 Å². The summed E-state index contributed by atoms with van der Waals surface area (Å²) in [4.78, 5) is 29.4. The second kappa shape index (κ2) is 8.31. The summed E-state index contributed by atoms with van der Waals surface area (Å²) in [5, 5.41) is 10.3. The van der Waals surface area contributed by atoms with E-state index in [4.69, 9.17) is 0 Å². The molecule has 0 spiro atoms. The lowest BCUT2D eigenvalue weighted by atomic mass is 9.89. The fourth-order valence-electron chi connectivity index (χ4n) is 3.99. The smallest absolute Gasteiger partial charge is 0.232 e. The lowest BCUT2D eigenvalue weighted by Gasteiger charge is -2.25. The fourth-order valence-corrected chi connectivity index (χ4v) is 3.99. The summed E-state index contributed by atoms with van der Waals surface area (Å²) in [6.45, 7) is 0. The van der Waals surface area contributed by atoms with Gasteiger partial charge in [0.05, 0.1) is 11.6 Å². The van der Waals surface area contributed by atoms with Crippen molar-refractivity contribution < 1.29 is 18.4 Å². The van der Waals surface area contributed by atoms with Crippen LogP contribution in [0.25, 0.3) is 10.8 Å². The van der Waals surface area contributed by atoms with Crippen molar-refractivity contribution >= 4 is 45.3 Å². The van der Waals surface area contributed by atoms with Gasteiger partial charge in [-0.3, -0.25) is 14.6 Å². The summed E-state index contributed by atoms with van der Waals surface area (Å²) >= 11 is 0. The van der Waals surface area contributed by atoms with Crippen LogP contribution < -0.4 is 16.0 Å². The van der Waals surface area contributed by atoms with E-state index in [9.17, 15) is 18.4 Å². The molecule has 1 aromatic heterocycles. The van der Waals surface area contributed by atoms with Crippen LogP contribution in [0.15, 0.2) is 73.1 Å². The SMILES string of the molecule is O=C1CC(C(=O)Nc2ccc(Nc3ccc(F)cc3)c3ccncc23)c2ccc(F)cc2N1. The molecule has 1 unspecified atom stereocenters.